The zero-order valence-electron chi connectivity index (χ0n) is 22.4. The molecule has 9 heteroatoms. The first-order valence-electron chi connectivity index (χ1n) is 13.9. The molecule has 206 valence electrons. The first-order valence-corrected chi connectivity index (χ1v) is 15.2. The summed E-state index contributed by atoms with van der Waals surface area (Å²) >= 11 is 7.92. The van der Waals surface area contributed by atoms with Gasteiger partial charge in [-0.1, -0.05) is 55.2 Å². The summed E-state index contributed by atoms with van der Waals surface area (Å²) in [6.45, 7) is 4.55. The fraction of sp³-hybridized carbons (Fsp3) is 0.467. The van der Waals surface area contributed by atoms with E-state index in [0.717, 1.165) is 41.7 Å². The Morgan fingerprint density at radius 2 is 2.03 bits per heavy atom. The second-order valence-corrected chi connectivity index (χ2v) is 12.2. The van der Waals surface area contributed by atoms with Gasteiger partial charge in [-0.25, -0.2) is 0 Å². The number of rotatable bonds is 9. The Labute approximate surface area is 239 Å². The number of hydrogen-bond donors (Lipinski definition) is 2. The lowest BCUT2D eigenvalue weighted by Crippen LogP contribution is -2.46. The van der Waals surface area contributed by atoms with Crippen LogP contribution in [0.1, 0.15) is 62.8 Å². The van der Waals surface area contributed by atoms with E-state index in [1.165, 1.54) is 16.0 Å². The monoisotopic (exact) mass is 567 g/mol. The molecule has 2 aromatic rings. The number of carbonyl (C=O) groups is 2. The molecule has 3 heterocycles. The number of carbonyl (C=O) groups excluding carboxylic acids is 2. The highest BCUT2D eigenvalue weighted by atomic mass is 35.5. The number of likely N-dealkylation sites (tertiary alicyclic amines) is 1. The van der Waals surface area contributed by atoms with E-state index in [1.54, 1.807) is 23.5 Å². The maximum Gasteiger partial charge on any atom is 0.455 e. The molecule has 39 heavy (non-hydrogen) atoms. The second kappa shape index (κ2) is 12.0. The van der Waals surface area contributed by atoms with Gasteiger partial charge in [0.05, 0.1) is 29.5 Å². The molecule has 0 bridgehead atoms. The normalized spacial score (nSPS) is 25.4. The first kappa shape index (κ1) is 28.2. The number of aromatic hydroxyl groups is 1. The summed E-state index contributed by atoms with van der Waals surface area (Å²) in [4.78, 5) is 29.6. The minimum absolute atomic E-state index is 0.0835. The molecule has 2 amide bonds. The molecule has 0 saturated carbocycles. The molecule has 2 N–H and O–H groups in total. The molecule has 1 aliphatic carbocycles. The van der Waals surface area contributed by atoms with Crippen molar-refractivity contribution in [3.05, 3.63) is 67.9 Å². The molecule has 1 aromatic heterocycles. The lowest BCUT2D eigenvalue weighted by Gasteiger charge is -2.43. The summed E-state index contributed by atoms with van der Waals surface area (Å²) in [6.07, 6.45) is 6.77. The van der Waals surface area contributed by atoms with Crippen molar-refractivity contribution in [2.45, 2.75) is 71.3 Å². The predicted octanol–water partition coefficient (Wildman–Crippen LogP) is 6.48. The molecule has 5 rings (SSSR count). The standard InChI is InChI=1S/C30H35BClNO5S/c1-3-6-18(13-20-9-10-21(34)15-25(20)32)8-11-26-27-19(4-2)14-23-28(24(27)16-31(37)38-26)30(36)33(29(23)35)17-22-7-5-12-39-22/h5,7,9-10,12-13,15,23-24,26,28,34,37H,3-4,6,8,11,14,16-17H2,1-2H3/b18-13+/t23-,24+,26-,28-/m1/s1. The van der Waals surface area contributed by atoms with Gasteiger partial charge < -0.3 is 14.8 Å². The number of thiophene rings is 1. The lowest BCUT2D eigenvalue weighted by molar-refractivity contribution is -0.140. The van der Waals surface area contributed by atoms with Crippen molar-refractivity contribution in [1.82, 2.24) is 4.90 Å². The zero-order chi connectivity index (χ0) is 27.7. The number of fused-ring (bicyclic) bond motifs is 3. The Bertz CT molecular complexity index is 1290. The van der Waals surface area contributed by atoms with Gasteiger partial charge in [0.25, 0.3) is 0 Å². The number of allylic oxidation sites excluding steroid dienone is 2. The topological polar surface area (TPSA) is 87.1 Å². The van der Waals surface area contributed by atoms with E-state index >= 15 is 0 Å². The maximum absolute atomic E-state index is 13.7. The molecule has 0 spiro atoms. The van der Waals surface area contributed by atoms with Gasteiger partial charge in [-0.2, -0.15) is 0 Å². The van der Waals surface area contributed by atoms with Crippen molar-refractivity contribution in [3.8, 4) is 5.75 Å². The summed E-state index contributed by atoms with van der Waals surface area (Å²) in [5.74, 6) is -1.06. The van der Waals surface area contributed by atoms with Gasteiger partial charge in [0.2, 0.25) is 11.8 Å². The van der Waals surface area contributed by atoms with Gasteiger partial charge >= 0.3 is 7.12 Å². The number of imide groups is 1. The summed E-state index contributed by atoms with van der Waals surface area (Å²) in [5.41, 5.74) is 4.39. The van der Waals surface area contributed by atoms with Crippen LogP contribution < -0.4 is 0 Å². The van der Waals surface area contributed by atoms with Gasteiger partial charge in [-0.3, -0.25) is 14.5 Å². The smallest absolute Gasteiger partial charge is 0.455 e. The van der Waals surface area contributed by atoms with E-state index in [1.807, 2.05) is 23.6 Å². The van der Waals surface area contributed by atoms with Crippen LogP contribution in [0.25, 0.3) is 6.08 Å². The predicted molar refractivity (Wildman–Crippen MR) is 155 cm³/mol. The average molecular weight is 568 g/mol. The van der Waals surface area contributed by atoms with Crippen LogP contribution in [-0.4, -0.2) is 40.1 Å². The van der Waals surface area contributed by atoms with Crippen LogP contribution in [0.2, 0.25) is 11.3 Å². The molecular weight excluding hydrogens is 533 g/mol. The van der Waals surface area contributed by atoms with Crippen LogP contribution in [-0.2, 0) is 20.8 Å². The molecule has 4 atom stereocenters. The van der Waals surface area contributed by atoms with Gasteiger partial charge in [0.15, 0.2) is 0 Å². The fourth-order valence-corrected chi connectivity index (χ4v) is 7.56. The maximum atomic E-state index is 13.7. The molecule has 2 aliphatic heterocycles. The number of benzene rings is 1. The quantitative estimate of drug-likeness (QED) is 0.206. The Morgan fingerprint density at radius 3 is 2.72 bits per heavy atom. The van der Waals surface area contributed by atoms with Crippen molar-refractivity contribution < 1.29 is 24.4 Å². The fourth-order valence-electron chi connectivity index (χ4n) is 6.64. The minimum atomic E-state index is -0.972. The molecule has 1 aromatic carbocycles. The van der Waals surface area contributed by atoms with E-state index < -0.39 is 13.0 Å². The van der Waals surface area contributed by atoms with Crippen molar-refractivity contribution in [1.29, 1.82) is 0 Å². The number of halogens is 1. The van der Waals surface area contributed by atoms with E-state index in [9.17, 15) is 19.7 Å². The SMILES string of the molecule is CCC/C(=C\c1ccc(O)cc1Cl)CC[C@H]1OB(O)C[C@H]2C1=C(CC)C[C@H]1C(=O)N(Cc3cccs3)C(=O)[C@H]12. The zero-order valence-corrected chi connectivity index (χ0v) is 24.0. The Kier molecular flexibility index (Phi) is 8.67. The number of nitrogens with zero attached hydrogens (tertiary/aromatic N) is 1. The average Bonchev–Trinajstić information content (AvgIpc) is 3.50. The molecule has 0 unspecified atom stereocenters. The number of amides is 2. The number of phenolic OH excluding ortho intramolecular Hbond substituents is 1. The highest BCUT2D eigenvalue weighted by Gasteiger charge is 2.57. The van der Waals surface area contributed by atoms with Crippen LogP contribution in [0, 0.1) is 17.8 Å². The lowest BCUT2D eigenvalue weighted by atomic mass is 9.58. The van der Waals surface area contributed by atoms with Crippen LogP contribution in [0.15, 0.2) is 52.4 Å². The van der Waals surface area contributed by atoms with E-state index in [4.69, 9.17) is 16.3 Å². The summed E-state index contributed by atoms with van der Waals surface area (Å²) in [5, 5.41) is 22.9. The second-order valence-electron chi connectivity index (χ2n) is 10.8. The van der Waals surface area contributed by atoms with Crippen LogP contribution in [0.3, 0.4) is 0 Å². The van der Waals surface area contributed by atoms with Crippen molar-refractivity contribution in [2.75, 3.05) is 0 Å². The van der Waals surface area contributed by atoms with E-state index in [-0.39, 0.29) is 35.5 Å². The number of phenols is 1. The third-order valence-corrected chi connectivity index (χ3v) is 9.55. The van der Waals surface area contributed by atoms with Crippen LogP contribution in [0.4, 0.5) is 0 Å². The van der Waals surface area contributed by atoms with Crippen molar-refractivity contribution in [2.24, 2.45) is 17.8 Å². The molecule has 2 saturated heterocycles. The van der Waals surface area contributed by atoms with Crippen LogP contribution >= 0.6 is 22.9 Å². The van der Waals surface area contributed by atoms with Gasteiger partial charge in [-0.05, 0) is 85.1 Å². The Morgan fingerprint density at radius 1 is 1.21 bits per heavy atom. The Balaban J connectivity index is 1.40. The summed E-state index contributed by atoms with van der Waals surface area (Å²) in [6, 6.07) is 8.87. The van der Waals surface area contributed by atoms with Crippen molar-refractivity contribution >= 4 is 47.9 Å². The third-order valence-electron chi connectivity index (χ3n) is 8.36. The van der Waals surface area contributed by atoms with Crippen LogP contribution in [0.5, 0.6) is 5.75 Å². The Hall–Kier alpha value is -2.39. The molecule has 2 fully saturated rings. The molecule has 6 nitrogen and oxygen atoms in total. The minimum Gasteiger partial charge on any atom is -0.508 e. The molecular formula is C30H35BClNO5S. The van der Waals surface area contributed by atoms with Gasteiger partial charge in [-0.15, -0.1) is 11.3 Å². The van der Waals surface area contributed by atoms with Gasteiger partial charge in [0.1, 0.15) is 5.75 Å². The highest BCUT2D eigenvalue weighted by Crippen LogP contribution is 2.51. The first-order chi connectivity index (χ1) is 18.8. The number of hydrogen-bond acceptors (Lipinski definition) is 6. The third kappa shape index (κ3) is 5.76. The van der Waals surface area contributed by atoms with Gasteiger partial charge in [0, 0.05) is 4.88 Å². The summed E-state index contributed by atoms with van der Waals surface area (Å²) in [7, 11) is -0.972. The largest absolute Gasteiger partial charge is 0.508 e. The van der Waals surface area contributed by atoms with E-state index in [0.29, 0.717) is 30.7 Å². The van der Waals surface area contributed by atoms with Crippen molar-refractivity contribution in [3.63, 3.8) is 0 Å². The highest BCUT2D eigenvalue weighted by molar-refractivity contribution is 7.09. The molecule has 3 aliphatic rings. The molecule has 0 radical (unpaired) electrons. The summed E-state index contributed by atoms with van der Waals surface area (Å²) < 4.78 is 6.13. The van der Waals surface area contributed by atoms with E-state index in [2.05, 4.69) is 19.9 Å².